The lowest BCUT2D eigenvalue weighted by Gasteiger charge is -2.18. The van der Waals surface area contributed by atoms with Crippen LogP contribution in [0.2, 0.25) is 0 Å². The van der Waals surface area contributed by atoms with Gasteiger partial charge in [-0.2, -0.15) is 0 Å². The molecule has 1 nitrogen and oxygen atoms in total. The van der Waals surface area contributed by atoms with Gasteiger partial charge in [-0.25, -0.2) is 0 Å². The van der Waals surface area contributed by atoms with Crippen molar-refractivity contribution in [2.24, 2.45) is 0 Å². The van der Waals surface area contributed by atoms with Crippen LogP contribution >= 0.6 is 0 Å². The van der Waals surface area contributed by atoms with Crippen LogP contribution < -0.4 is 0 Å². The van der Waals surface area contributed by atoms with Crippen molar-refractivity contribution in [3.8, 4) is 0 Å². The van der Waals surface area contributed by atoms with Gasteiger partial charge in [0.2, 0.25) is 0 Å². The summed E-state index contributed by atoms with van der Waals surface area (Å²) in [7, 11) is 0. The third-order valence-corrected chi connectivity index (χ3v) is 2.21. The summed E-state index contributed by atoms with van der Waals surface area (Å²) in [5.74, 6) is 0. The predicted molar refractivity (Wildman–Crippen MR) is 73.9 cm³/mol. The van der Waals surface area contributed by atoms with Gasteiger partial charge < -0.3 is 5.11 Å². The average Bonchev–Trinajstić information content (AvgIpc) is 2.26. The van der Waals surface area contributed by atoms with Crippen LogP contribution in [0.1, 0.15) is 58.2 Å². The Hall–Kier alpha value is -0.820. The maximum absolute atomic E-state index is 9.70. The molecule has 0 atom stereocenters. The van der Waals surface area contributed by atoms with E-state index in [2.05, 4.69) is 13.8 Å². The summed E-state index contributed by atoms with van der Waals surface area (Å²) in [6.45, 7) is 15.7. The number of hydrogen-bond donors (Lipinski definition) is 1. The van der Waals surface area contributed by atoms with Crippen LogP contribution in [0.4, 0.5) is 0 Å². The Balaban J connectivity index is 0. The Morgan fingerprint density at radius 3 is 1.62 bits per heavy atom. The van der Waals surface area contributed by atoms with Gasteiger partial charge in [0.1, 0.15) is 0 Å². The van der Waals surface area contributed by atoms with Crippen LogP contribution in [0, 0.1) is 13.8 Å². The zero-order valence-corrected chi connectivity index (χ0v) is 12.2. The summed E-state index contributed by atoms with van der Waals surface area (Å²) < 4.78 is 0. The lowest BCUT2D eigenvalue weighted by molar-refractivity contribution is 0.0785. The molecular formula is C15H28O. The van der Waals surface area contributed by atoms with E-state index in [0.717, 1.165) is 5.56 Å². The molecule has 0 fully saturated rings. The second-order valence-electron chi connectivity index (χ2n) is 3.86. The Morgan fingerprint density at radius 1 is 0.875 bits per heavy atom. The molecular weight excluding hydrogens is 196 g/mol. The molecule has 0 spiro atoms. The Morgan fingerprint density at radius 2 is 1.31 bits per heavy atom. The molecule has 1 N–H and O–H groups in total. The fourth-order valence-electron chi connectivity index (χ4n) is 1.12. The number of benzene rings is 1. The first-order valence-electron chi connectivity index (χ1n) is 6.21. The number of hydrogen-bond acceptors (Lipinski definition) is 1. The maximum atomic E-state index is 9.70. The molecule has 16 heavy (non-hydrogen) atoms. The summed E-state index contributed by atoms with van der Waals surface area (Å²) in [6, 6.07) is 6.06. The standard InChI is InChI=1S/C11H16O.2C2H6/c1-8-5-6-10(7-9(8)2)11(3,4)12;2*1-2/h5-7,12H,1-4H3;2*1-2H3. The van der Waals surface area contributed by atoms with Crippen molar-refractivity contribution in [2.45, 2.75) is 61.0 Å². The van der Waals surface area contributed by atoms with Gasteiger partial charge in [-0.1, -0.05) is 45.9 Å². The molecule has 0 bridgehead atoms. The van der Waals surface area contributed by atoms with E-state index in [9.17, 15) is 5.11 Å². The van der Waals surface area contributed by atoms with Crippen LogP contribution in [-0.4, -0.2) is 5.11 Å². The highest BCUT2D eigenvalue weighted by Gasteiger charge is 2.15. The van der Waals surface area contributed by atoms with Crippen LogP contribution in [0.3, 0.4) is 0 Å². The quantitative estimate of drug-likeness (QED) is 0.740. The van der Waals surface area contributed by atoms with Gasteiger partial charge in [0.05, 0.1) is 5.60 Å². The SMILES string of the molecule is CC.CC.Cc1ccc(C(C)(C)O)cc1C. The Kier molecular flexibility index (Phi) is 9.17. The van der Waals surface area contributed by atoms with Crippen LogP contribution in [0.5, 0.6) is 0 Å². The highest BCUT2D eigenvalue weighted by Crippen LogP contribution is 2.21. The highest BCUT2D eigenvalue weighted by atomic mass is 16.3. The fourth-order valence-corrected chi connectivity index (χ4v) is 1.12. The van der Waals surface area contributed by atoms with E-state index in [1.807, 2.05) is 45.9 Å². The molecule has 0 amide bonds. The zero-order valence-electron chi connectivity index (χ0n) is 12.2. The van der Waals surface area contributed by atoms with E-state index in [1.54, 1.807) is 13.8 Å². The number of aliphatic hydroxyl groups is 1. The van der Waals surface area contributed by atoms with Gasteiger partial charge >= 0.3 is 0 Å². The monoisotopic (exact) mass is 224 g/mol. The smallest absolute Gasteiger partial charge is 0.0840 e. The lowest BCUT2D eigenvalue weighted by atomic mass is 9.95. The molecule has 1 rings (SSSR count). The fraction of sp³-hybridized carbons (Fsp3) is 0.600. The van der Waals surface area contributed by atoms with E-state index in [-0.39, 0.29) is 0 Å². The van der Waals surface area contributed by atoms with E-state index < -0.39 is 5.60 Å². The molecule has 0 saturated carbocycles. The largest absolute Gasteiger partial charge is 0.386 e. The summed E-state index contributed by atoms with van der Waals surface area (Å²) >= 11 is 0. The number of aryl methyl sites for hydroxylation is 2. The molecule has 0 saturated heterocycles. The van der Waals surface area contributed by atoms with Crippen LogP contribution in [0.15, 0.2) is 18.2 Å². The molecule has 0 heterocycles. The molecule has 0 unspecified atom stereocenters. The maximum Gasteiger partial charge on any atom is 0.0840 e. The molecule has 0 aromatic heterocycles. The summed E-state index contributed by atoms with van der Waals surface area (Å²) in [6.07, 6.45) is 0. The minimum absolute atomic E-state index is 0.724. The van der Waals surface area contributed by atoms with Crippen LogP contribution in [-0.2, 0) is 5.60 Å². The van der Waals surface area contributed by atoms with Gasteiger partial charge in [0.15, 0.2) is 0 Å². The van der Waals surface area contributed by atoms with Gasteiger partial charge in [0.25, 0.3) is 0 Å². The minimum Gasteiger partial charge on any atom is -0.386 e. The lowest BCUT2D eigenvalue weighted by Crippen LogP contribution is -2.15. The molecule has 0 aliphatic rings. The summed E-state index contributed by atoms with van der Waals surface area (Å²) in [5.41, 5.74) is 2.75. The Bertz CT molecular complexity index is 282. The molecule has 1 aromatic carbocycles. The van der Waals surface area contributed by atoms with Crippen molar-refractivity contribution in [3.05, 3.63) is 34.9 Å². The molecule has 1 heteroatoms. The normalized spacial score (nSPS) is 9.56. The second-order valence-corrected chi connectivity index (χ2v) is 3.86. The highest BCUT2D eigenvalue weighted by molar-refractivity contribution is 5.32. The molecule has 0 radical (unpaired) electrons. The van der Waals surface area contributed by atoms with Crippen molar-refractivity contribution >= 4 is 0 Å². The van der Waals surface area contributed by atoms with Crippen molar-refractivity contribution < 1.29 is 5.11 Å². The van der Waals surface area contributed by atoms with Gasteiger partial charge in [0, 0.05) is 0 Å². The van der Waals surface area contributed by atoms with Gasteiger partial charge in [-0.15, -0.1) is 0 Å². The van der Waals surface area contributed by atoms with Crippen molar-refractivity contribution in [1.82, 2.24) is 0 Å². The predicted octanol–water partition coefficient (Wildman–Crippen LogP) is 4.58. The average molecular weight is 224 g/mol. The summed E-state index contributed by atoms with van der Waals surface area (Å²) in [4.78, 5) is 0. The van der Waals surface area contributed by atoms with E-state index in [1.165, 1.54) is 11.1 Å². The van der Waals surface area contributed by atoms with E-state index >= 15 is 0 Å². The first-order valence-corrected chi connectivity index (χ1v) is 6.21. The molecule has 94 valence electrons. The third kappa shape index (κ3) is 5.92. The first-order chi connectivity index (χ1) is 7.41. The van der Waals surface area contributed by atoms with Crippen molar-refractivity contribution in [3.63, 3.8) is 0 Å². The second kappa shape index (κ2) is 8.35. The number of rotatable bonds is 1. The van der Waals surface area contributed by atoms with Gasteiger partial charge in [-0.3, -0.25) is 0 Å². The Labute approximate surface area is 102 Å². The van der Waals surface area contributed by atoms with Crippen molar-refractivity contribution in [2.75, 3.05) is 0 Å². The van der Waals surface area contributed by atoms with Crippen molar-refractivity contribution in [1.29, 1.82) is 0 Å². The van der Waals surface area contributed by atoms with Gasteiger partial charge in [-0.05, 0) is 44.4 Å². The molecule has 1 aromatic rings. The van der Waals surface area contributed by atoms with E-state index in [4.69, 9.17) is 0 Å². The molecule has 0 aliphatic carbocycles. The zero-order chi connectivity index (χ0) is 13.4. The first kappa shape index (κ1) is 17.6. The van der Waals surface area contributed by atoms with Crippen LogP contribution in [0.25, 0.3) is 0 Å². The van der Waals surface area contributed by atoms with E-state index in [0.29, 0.717) is 0 Å². The minimum atomic E-state index is -0.724. The molecule has 0 aliphatic heterocycles. The third-order valence-electron chi connectivity index (χ3n) is 2.21. The summed E-state index contributed by atoms with van der Waals surface area (Å²) in [5, 5.41) is 9.70. The topological polar surface area (TPSA) is 20.2 Å².